The van der Waals surface area contributed by atoms with Gasteiger partial charge in [-0.2, -0.15) is 0 Å². The molecule has 7 heteroatoms. The molecule has 2 heterocycles. The lowest BCUT2D eigenvalue weighted by Crippen LogP contribution is -2.48. The van der Waals surface area contributed by atoms with Crippen LogP contribution in [0.15, 0.2) is 18.5 Å². The van der Waals surface area contributed by atoms with Crippen molar-refractivity contribution in [1.29, 1.82) is 0 Å². The Morgan fingerprint density at radius 2 is 1.93 bits per heavy atom. The van der Waals surface area contributed by atoms with E-state index in [-0.39, 0.29) is 29.7 Å². The van der Waals surface area contributed by atoms with Gasteiger partial charge in [0.25, 0.3) is 5.91 Å². The van der Waals surface area contributed by atoms with Crippen molar-refractivity contribution < 1.29 is 14.4 Å². The first-order valence-electron chi connectivity index (χ1n) is 10.1. The number of carbonyl (C=O) groups excluding carboxylic acids is 3. The molecule has 0 spiro atoms. The molecule has 0 unspecified atom stereocenters. The summed E-state index contributed by atoms with van der Waals surface area (Å²) in [6.45, 7) is 2.80. The van der Waals surface area contributed by atoms with Crippen molar-refractivity contribution in [3.05, 3.63) is 24.0 Å². The van der Waals surface area contributed by atoms with Gasteiger partial charge in [-0.25, -0.2) is 0 Å². The van der Waals surface area contributed by atoms with Crippen LogP contribution in [-0.4, -0.2) is 52.8 Å². The monoisotopic (exact) mass is 374 g/mol. The molecule has 0 bridgehead atoms. The number of nitrogens with one attached hydrogen (secondary N) is 3. The summed E-state index contributed by atoms with van der Waals surface area (Å²) in [5.74, 6) is -0.229. The third-order valence-electron chi connectivity index (χ3n) is 5.64. The maximum absolute atomic E-state index is 13.2. The van der Waals surface area contributed by atoms with Crippen LogP contribution in [0.4, 0.5) is 0 Å². The summed E-state index contributed by atoms with van der Waals surface area (Å²) in [5.41, 5.74) is 0.554. The summed E-state index contributed by atoms with van der Waals surface area (Å²) in [6.07, 6.45) is 10.1. The third kappa shape index (κ3) is 4.70. The summed E-state index contributed by atoms with van der Waals surface area (Å²) >= 11 is 0. The zero-order valence-corrected chi connectivity index (χ0v) is 16.0. The highest BCUT2D eigenvalue weighted by Gasteiger charge is 2.41. The molecule has 7 nitrogen and oxygen atoms in total. The molecule has 2 atom stereocenters. The van der Waals surface area contributed by atoms with Crippen molar-refractivity contribution in [2.45, 2.75) is 64.0 Å². The average Bonchev–Trinajstić information content (AvgIpc) is 3.25. The Kier molecular flexibility index (Phi) is 6.53. The number of likely N-dealkylation sites (tertiary alicyclic amines) is 1. The van der Waals surface area contributed by atoms with E-state index in [1.165, 1.54) is 12.8 Å². The van der Waals surface area contributed by atoms with Crippen LogP contribution in [0.3, 0.4) is 0 Å². The van der Waals surface area contributed by atoms with Gasteiger partial charge in [0.15, 0.2) is 0 Å². The molecule has 1 aliphatic heterocycles. The van der Waals surface area contributed by atoms with Crippen molar-refractivity contribution in [2.75, 3.05) is 13.1 Å². The molecule has 3 rings (SSSR count). The van der Waals surface area contributed by atoms with Crippen molar-refractivity contribution in [3.63, 3.8) is 0 Å². The molecule has 1 saturated carbocycles. The van der Waals surface area contributed by atoms with Crippen LogP contribution in [0.2, 0.25) is 0 Å². The van der Waals surface area contributed by atoms with E-state index in [0.29, 0.717) is 25.1 Å². The van der Waals surface area contributed by atoms with Crippen molar-refractivity contribution in [3.8, 4) is 0 Å². The summed E-state index contributed by atoms with van der Waals surface area (Å²) in [4.78, 5) is 42.6. The zero-order chi connectivity index (χ0) is 19.2. The normalized spacial score (nSPS) is 23.7. The third-order valence-corrected chi connectivity index (χ3v) is 5.64. The maximum Gasteiger partial charge on any atom is 0.253 e. The van der Waals surface area contributed by atoms with Gasteiger partial charge in [0.05, 0.1) is 5.56 Å². The average molecular weight is 374 g/mol. The van der Waals surface area contributed by atoms with Gasteiger partial charge in [0.1, 0.15) is 6.04 Å². The summed E-state index contributed by atoms with van der Waals surface area (Å²) in [5, 5.41) is 5.81. The molecule has 1 aromatic heterocycles. The first-order chi connectivity index (χ1) is 13.1. The van der Waals surface area contributed by atoms with Gasteiger partial charge in [0, 0.05) is 37.4 Å². The molecule has 0 aromatic carbocycles. The second-order valence-electron chi connectivity index (χ2n) is 7.60. The van der Waals surface area contributed by atoms with E-state index in [1.54, 1.807) is 23.4 Å². The maximum atomic E-state index is 13.2. The van der Waals surface area contributed by atoms with Crippen LogP contribution >= 0.6 is 0 Å². The number of aromatic nitrogens is 1. The highest BCUT2D eigenvalue weighted by molar-refractivity contribution is 5.94. The van der Waals surface area contributed by atoms with Gasteiger partial charge in [0.2, 0.25) is 11.8 Å². The minimum atomic E-state index is -0.503. The van der Waals surface area contributed by atoms with E-state index in [4.69, 9.17) is 0 Å². The minimum absolute atomic E-state index is 0.00329. The van der Waals surface area contributed by atoms with E-state index >= 15 is 0 Å². The lowest BCUT2D eigenvalue weighted by atomic mass is 9.98. The van der Waals surface area contributed by atoms with Gasteiger partial charge in [-0.15, -0.1) is 0 Å². The molecule has 1 aromatic rings. The molecule has 148 valence electrons. The Labute approximate surface area is 160 Å². The lowest BCUT2D eigenvalue weighted by Gasteiger charge is -2.27. The van der Waals surface area contributed by atoms with Gasteiger partial charge in [-0.3, -0.25) is 14.4 Å². The number of aromatic amines is 1. The van der Waals surface area contributed by atoms with Gasteiger partial charge >= 0.3 is 0 Å². The second kappa shape index (κ2) is 9.06. The van der Waals surface area contributed by atoms with Crippen molar-refractivity contribution >= 4 is 17.7 Å². The molecule has 0 radical (unpaired) electrons. The van der Waals surface area contributed by atoms with Gasteiger partial charge in [-0.1, -0.05) is 25.7 Å². The molecular weight excluding hydrogens is 344 g/mol. The standard InChI is InChI=1S/C20H30N4O3/c1-2-22-19(26)17-11-16(23-18(25)15-9-10-21-12-15)13-24(17)20(27)14-7-5-3-4-6-8-14/h9-10,12,14,16-17,21H,2-8,11,13H2,1H3,(H,22,26)(H,23,25)/t16-,17-/m0/s1. The smallest absolute Gasteiger partial charge is 0.253 e. The number of likely N-dealkylation sites (N-methyl/N-ethyl adjacent to an activating group) is 1. The Morgan fingerprint density at radius 1 is 1.19 bits per heavy atom. The molecule has 2 fully saturated rings. The highest BCUT2D eigenvalue weighted by Crippen LogP contribution is 2.28. The number of rotatable bonds is 5. The SMILES string of the molecule is CCNC(=O)[C@@H]1C[C@H](NC(=O)c2cc[nH]c2)CN1C(=O)C1CCCCCC1. The van der Waals surface area contributed by atoms with E-state index in [9.17, 15) is 14.4 Å². The van der Waals surface area contributed by atoms with Crippen LogP contribution in [0, 0.1) is 5.92 Å². The number of amides is 3. The quantitative estimate of drug-likeness (QED) is 0.686. The summed E-state index contributed by atoms with van der Waals surface area (Å²) in [7, 11) is 0. The lowest BCUT2D eigenvalue weighted by molar-refractivity contribution is -0.142. The predicted molar refractivity (Wildman–Crippen MR) is 102 cm³/mol. The largest absolute Gasteiger partial charge is 0.367 e. The minimum Gasteiger partial charge on any atom is -0.367 e. The highest BCUT2D eigenvalue weighted by atomic mass is 16.2. The molecule has 1 aliphatic carbocycles. The van der Waals surface area contributed by atoms with Crippen molar-refractivity contribution in [1.82, 2.24) is 20.5 Å². The van der Waals surface area contributed by atoms with Crippen molar-refractivity contribution in [2.24, 2.45) is 5.92 Å². The van der Waals surface area contributed by atoms with E-state index in [2.05, 4.69) is 15.6 Å². The summed E-state index contributed by atoms with van der Waals surface area (Å²) in [6, 6.07) is 0.993. The first kappa shape index (κ1) is 19.5. The zero-order valence-electron chi connectivity index (χ0n) is 16.0. The van der Waals surface area contributed by atoms with Crippen LogP contribution in [0.25, 0.3) is 0 Å². The number of hydrogen-bond acceptors (Lipinski definition) is 3. The van der Waals surface area contributed by atoms with Crippen LogP contribution in [0.1, 0.15) is 62.2 Å². The fourth-order valence-corrected chi connectivity index (χ4v) is 4.22. The molecule has 1 saturated heterocycles. The van der Waals surface area contributed by atoms with E-state index in [0.717, 1.165) is 25.7 Å². The number of carbonyl (C=O) groups is 3. The first-order valence-corrected chi connectivity index (χ1v) is 10.1. The second-order valence-corrected chi connectivity index (χ2v) is 7.60. The Hall–Kier alpha value is -2.31. The van der Waals surface area contributed by atoms with E-state index in [1.807, 2.05) is 6.92 Å². The Balaban J connectivity index is 1.70. The van der Waals surface area contributed by atoms with Gasteiger partial charge < -0.3 is 20.5 Å². The fraction of sp³-hybridized carbons (Fsp3) is 0.650. The number of hydrogen-bond donors (Lipinski definition) is 3. The molecule has 3 N–H and O–H groups in total. The predicted octanol–water partition coefficient (Wildman–Crippen LogP) is 1.82. The van der Waals surface area contributed by atoms with Gasteiger partial charge in [-0.05, 0) is 32.3 Å². The number of nitrogens with zero attached hydrogens (tertiary/aromatic N) is 1. The van der Waals surface area contributed by atoms with Crippen LogP contribution < -0.4 is 10.6 Å². The fourth-order valence-electron chi connectivity index (χ4n) is 4.22. The molecule has 27 heavy (non-hydrogen) atoms. The molecule has 2 aliphatic rings. The Bertz CT molecular complexity index is 650. The van der Waals surface area contributed by atoms with E-state index < -0.39 is 6.04 Å². The number of H-pyrrole nitrogens is 1. The molecule has 3 amide bonds. The summed E-state index contributed by atoms with van der Waals surface area (Å²) < 4.78 is 0. The van der Waals surface area contributed by atoms with Crippen LogP contribution in [0.5, 0.6) is 0 Å². The Morgan fingerprint density at radius 3 is 2.56 bits per heavy atom. The topological polar surface area (TPSA) is 94.3 Å². The molecular formula is C20H30N4O3. The van der Waals surface area contributed by atoms with Crippen LogP contribution in [-0.2, 0) is 9.59 Å².